The first-order chi connectivity index (χ1) is 16.2. The monoisotopic (exact) mass is 536 g/mol. The average Bonchev–Trinajstić information content (AvgIpc) is 3.22. The number of hydrogen-bond donors (Lipinski definition) is 0. The summed E-state index contributed by atoms with van der Waals surface area (Å²) in [5, 5.41) is -0.787. The minimum absolute atomic E-state index is 0.00256. The van der Waals surface area contributed by atoms with E-state index in [1.165, 1.54) is 0 Å². The molecule has 2 fully saturated rings. The number of rotatable bonds is 4. The van der Waals surface area contributed by atoms with Gasteiger partial charge >= 0.3 is 12.4 Å². The van der Waals surface area contributed by atoms with Crippen molar-refractivity contribution in [1.82, 2.24) is 0 Å². The van der Waals surface area contributed by atoms with Crippen molar-refractivity contribution in [3.8, 4) is 0 Å². The van der Waals surface area contributed by atoms with E-state index in [2.05, 4.69) is 4.99 Å². The number of sulfone groups is 1. The highest BCUT2D eigenvalue weighted by Crippen LogP contribution is 2.44. The minimum Gasteiger partial charge on any atom is -0.316 e. The maximum absolute atomic E-state index is 13.4. The van der Waals surface area contributed by atoms with Crippen molar-refractivity contribution in [2.45, 2.75) is 36.5 Å². The summed E-state index contributed by atoms with van der Waals surface area (Å²) in [6.45, 7) is 0. The van der Waals surface area contributed by atoms with Crippen molar-refractivity contribution in [3.63, 3.8) is 0 Å². The van der Waals surface area contributed by atoms with E-state index in [0.717, 1.165) is 22.2 Å². The lowest BCUT2D eigenvalue weighted by Gasteiger charge is -2.26. The Bertz CT molecular complexity index is 1230. The fraction of sp³-hybridized carbons (Fsp3) is 0.364. The molecule has 2 atom stereocenters. The van der Waals surface area contributed by atoms with E-state index in [-0.39, 0.29) is 23.4 Å². The molecule has 2 aromatic carbocycles. The second kappa shape index (κ2) is 9.16. The molecule has 0 aliphatic carbocycles. The highest BCUT2D eigenvalue weighted by atomic mass is 32.2. The van der Waals surface area contributed by atoms with Crippen LogP contribution in [0, 0.1) is 0 Å². The lowest BCUT2D eigenvalue weighted by molar-refractivity contribution is -0.143. The van der Waals surface area contributed by atoms with Crippen LogP contribution in [-0.4, -0.2) is 42.3 Å². The molecule has 5 nitrogen and oxygen atoms in total. The third-order valence-corrected chi connectivity index (χ3v) is 8.82. The summed E-state index contributed by atoms with van der Waals surface area (Å²) < 4.78 is 105. The molecular weight excluding hydrogens is 518 g/mol. The second-order valence-corrected chi connectivity index (χ2v) is 11.6. The molecule has 2 aliphatic heterocycles. The zero-order valence-electron chi connectivity index (χ0n) is 17.8. The fourth-order valence-corrected chi connectivity index (χ4v) is 7.93. The van der Waals surface area contributed by atoms with Crippen molar-refractivity contribution in [2.24, 2.45) is 4.99 Å². The van der Waals surface area contributed by atoms with Crippen LogP contribution in [0.4, 0.5) is 32.0 Å². The Labute approximate surface area is 201 Å². The number of carbonyl (C=O) groups is 1. The third kappa shape index (κ3) is 5.83. The molecule has 0 bridgehead atoms. The Morgan fingerprint density at radius 3 is 2.14 bits per heavy atom. The second-order valence-electron chi connectivity index (χ2n) is 8.21. The number of aliphatic imine (C=N–C) groups is 1. The SMILES string of the molecule is O=C(CCc1ccccc1)N=C1S[C@H]2CS(=O)(=O)C[C@H]2N1c1cc(C(F)(F)F)cc(C(F)(F)F)c1. The molecule has 0 radical (unpaired) electrons. The normalized spacial score (nSPS) is 23.0. The van der Waals surface area contributed by atoms with E-state index in [9.17, 15) is 39.6 Å². The molecule has 0 aromatic heterocycles. The Hall–Kier alpha value is -2.54. The molecule has 0 saturated carbocycles. The Balaban J connectivity index is 1.72. The number of carbonyl (C=O) groups excluding carboxylic acids is 1. The van der Waals surface area contributed by atoms with E-state index in [1.54, 1.807) is 30.3 Å². The quantitative estimate of drug-likeness (QED) is 0.517. The van der Waals surface area contributed by atoms with Crippen molar-refractivity contribution < 1.29 is 39.6 Å². The molecule has 188 valence electrons. The first-order valence-corrected chi connectivity index (χ1v) is 13.0. The molecule has 13 heteroatoms. The third-order valence-electron chi connectivity index (χ3n) is 5.61. The first kappa shape index (κ1) is 25.5. The largest absolute Gasteiger partial charge is 0.416 e. The molecule has 1 amide bonds. The number of amides is 1. The number of amidine groups is 1. The molecule has 0 N–H and O–H groups in total. The summed E-state index contributed by atoms with van der Waals surface area (Å²) in [7, 11) is -3.57. The predicted octanol–water partition coefficient (Wildman–Crippen LogP) is 4.96. The molecule has 2 aromatic rings. The highest BCUT2D eigenvalue weighted by Gasteiger charge is 2.50. The Kier molecular flexibility index (Phi) is 6.68. The molecule has 0 spiro atoms. The number of aryl methyl sites for hydroxylation is 1. The van der Waals surface area contributed by atoms with Gasteiger partial charge in [0.25, 0.3) is 0 Å². The zero-order valence-corrected chi connectivity index (χ0v) is 19.4. The molecule has 2 heterocycles. The number of fused-ring (bicyclic) bond motifs is 1. The summed E-state index contributed by atoms with van der Waals surface area (Å²) in [6, 6.07) is 9.06. The summed E-state index contributed by atoms with van der Waals surface area (Å²) >= 11 is 0.877. The van der Waals surface area contributed by atoms with E-state index in [4.69, 9.17) is 0 Å². The van der Waals surface area contributed by atoms with Crippen molar-refractivity contribution in [1.29, 1.82) is 0 Å². The number of hydrogen-bond acceptors (Lipinski definition) is 4. The van der Waals surface area contributed by atoms with Gasteiger partial charge in [-0.15, -0.1) is 0 Å². The molecule has 2 saturated heterocycles. The topological polar surface area (TPSA) is 66.8 Å². The number of nitrogens with zero attached hydrogens (tertiary/aromatic N) is 2. The van der Waals surface area contributed by atoms with Gasteiger partial charge in [0.15, 0.2) is 15.0 Å². The Morgan fingerprint density at radius 1 is 0.971 bits per heavy atom. The maximum Gasteiger partial charge on any atom is 0.416 e. The van der Waals surface area contributed by atoms with Gasteiger partial charge in [0.05, 0.1) is 28.7 Å². The lowest BCUT2D eigenvalue weighted by Crippen LogP contribution is -2.38. The molecule has 2 aliphatic rings. The van der Waals surface area contributed by atoms with Crippen LogP contribution in [-0.2, 0) is 33.4 Å². The maximum atomic E-state index is 13.4. The number of alkyl halides is 6. The highest BCUT2D eigenvalue weighted by molar-refractivity contribution is 8.16. The van der Waals surface area contributed by atoms with Crippen LogP contribution in [0.2, 0.25) is 0 Å². The van der Waals surface area contributed by atoms with Crippen LogP contribution in [0.1, 0.15) is 23.1 Å². The van der Waals surface area contributed by atoms with Crippen LogP contribution in [0.3, 0.4) is 0 Å². The smallest absolute Gasteiger partial charge is 0.316 e. The molecule has 4 rings (SSSR count). The van der Waals surface area contributed by atoms with E-state index in [1.807, 2.05) is 0 Å². The van der Waals surface area contributed by atoms with Gasteiger partial charge in [-0.3, -0.25) is 4.79 Å². The van der Waals surface area contributed by atoms with Gasteiger partial charge in [0, 0.05) is 17.4 Å². The van der Waals surface area contributed by atoms with Crippen LogP contribution < -0.4 is 4.90 Å². The van der Waals surface area contributed by atoms with Crippen molar-refractivity contribution in [3.05, 3.63) is 65.2 Å². The number of thioether (sulfide) groups is 1. The standard InChI is InChI=1S/C22H18F6N2O3S2/c23-21(24,25)14-8-15(22(26,27)28)10-16(9-14)30-17-11-35(32,33)12-18(17)34-20(30)29-19(31)7-6-13-4-2-1-3-5-13/h1-5,8-10,17-18H,6-7,11-12H2/t17-,18+/m1/s1. The van der Waals surface area contributed by atoms with Crippen LogP contribution in [0.25, 0.3) is 0 Å². The van der Waals surface area contributed by atoms with E-state index >= 15 is 0 Å². The van der Waals surface area contributed by atoms with Crippen LogP contribution in [0.15, 0.2) is 53.5 Å². The number of halogens is 6. The fourth-order valence-electron chi connectivity index (χ4n) is 4.00. The van der Waals surface area contributed by atoms with Gasteiger partial charge in [0.2, 0.25) is 5.91 Å². The van der Waals surface area contributed by atoms with Crippen LogP contribution in [0.5, 0.6) is 0 Å². The number of benzene rings is 2. The van der Waals surface area contributed by atoms with Gasteiger partial charge in [0.1, 0.15) is 0 Å². The predicted molar refractivity (Wildman–Crippen MR) is 120 cm³/mol. The van der Waals surface area contributed by atoms with Crippen molar-refractivity contribution in [2.75, 3.05) is 16.4 Å². The zero-order chi connectivity index (χ0) is 25.6. The summed E-state index contributed by atoms with van der Waals surface area (Å²) in [5.41, 5.74) is -2.73. The average molecular weight is 537 g/mol. The van der Waals surface area contributed by atoms with Gasteiger partial charge in [-0.2, -0.15) is 31.3 Å². The summed E-state index contributed by atoms with van der Waals surface area (Å²) in [6.07, 6.45) is -9.85. The molecule has 0 unspecified atom stereocenters. The van der Waals surface area contributed by atoms with Gasteiger partial charge in [-0.05, 0) is 30.2 Å². The summed E-state index contributed by atoms with van der Waals surface area (Å²) in [4.78, 5) is 17.5. The van der Waals surface area contributed by atoms with E-state index in [0.29, 0.717) is 18.6 Å². The van der Waals surface area contributed by atoms with Crippen molar-refractivity contribution >= 4 is 38.4 Å². The lowest BCUT2D eigenvalue weighted by atomic mass is 10.1. The number of anilines is 1. The minimum atomic E-state index is -5.08. The van der Waals surface area contributed by atoms with Gasteiger partial charge in [-0.25, -0.2) is 8.42 Å². The first-order valence-electron chi connectivity index (χ1n) is 10.3. The molecule has 35 heavy (non-hydrogen) atoms. The van der Waals surface area contributed by atoms with Gasteiger partial charge < -0.3 is 4.90 Å². The molecular formula is C22H18F6N2O3S2. The Morgan fingerprint density at radius 2 is 1.57 bits per heavy atom. The summed E-state index contributed by atoms with van der Waals surface area (Å²) in [5.74, 6) is -1.41. The van der Waals surface area contributed by atoms with Gasteiger partial charge in [-0.1, -0.05) is 42.1 Å². The van der Waals surface area contributed by atoms with E-state index < -0.39 is 62.0 Å². The van der Waals surface area contributed by atoms with Crippen LogP contribution >= 0.6 is 11.8 Å².